The van der Waals surface area contributed by atoms with Gasteiger partial charge in [0.15, 0.2) is 11.5 Å². The van der Waals surface area contributed by atoms with Gasteiger partial charge < -0.3 is 14.8 Å². The predicted octanol–water partition coefficient (Wildman–Crippen LogP) is 2.50. The number of hydrogen-bond acceptors (Lipinski definition) is 6. The summed E-state index contributed by atoms with van der Waals surface area (Å²) < 4.78 is 11.0. The molecule has 0 saturated heterocycles. The van der Waals surface area contributed by atoms with Crippen LogP contribution in [0.4, 0.5) is 5.82 Å². The van der Waals surface area contributed by atoms with E-state index in [1.807, 2.05) is 6.92 Å². The second-order valence-electron chi connectivity index (χ2n) is 3.98. The molecule has 102 valence electrons. The maximum Gasteiger partial charge on any atom is 0.227 e. The predicted molar refractivity (Wildman–Crippen MR) is 74.1 cm³/mol. The summed E-state index contributed by atoms with van der Waals surface area (Å²) in [7, 11) is 3.30. The minimum Gasteiger partial charge on any atom is -0.493 e. The van der Waals surface area contributed by atoms with Gasteiger partial charge in [-0.25, -0.2) is 9.97 Å². The minimum absolute atomic E-state index is 0.437. The molecule has 1 heterocycles. The molecule has 0 saturated carbocycles. The molecule has 0 aliphatic rings. The SMILES string of the molecule is CNc1ncnc(Oc2ccc(C#N)cc2OC)c1C. The Bertz CT molecular complexity index is 665. The van der Waals surface area contributed by atoms with Crippen molar-refractivity contribution in [3.63, 3.8) is 0 Å². The largest absolute Gasteiger partial charge is 0.493 e. The Morgan fingerprint density at radius 3 is 2.70 bits per heavy atom. The molecular formula is C14H14N4O2. The average molecular weight is 270 g/mol. The number of hydrogen-bond donors (Lipinski definition) is 1. The number of methoxy groups -OCH3 is 1. The van der Waals surface area contributed by atoms with Crippen LogP contribution in [0.5, 0.6) is 17.4 Å². The second kappa shape index (κ2) is 5.89. The van der Waals surface area contributed by atoms with Crippen molar-refractivity contribution in [1.29, 1.82) is 5.26 Å². The molecule has 0 fully saturated rings. The standard InChI is InChI=1S/C14H14N4O2/c1-9-13(16-2)17-8-18-14(9)20-11-5-4-10(7-15)6-12(11)19-3/h4-6,8H,1-3H3,(H,16,17,18). The molecule has 0 atom stereocenters. The van der Waals surface area contributed by atoms with Crippen LogP contribution in [0, 0.1) is 18.3 Å². The maximum atomic E-state index is 8.88. The molecule has 0 aliphatic carbocycles. The van der Waals surface area contributed by atoms with Crippen molar-refractivity contribution in [2.75, 3.05) is 19.5 Å². The van der Waals surface area contributed by atoms with Gasteiger partial charge in [0, 0.05) is 13.1 Å². The third-order valence-corrected chi connectivity index (χ3v) is 2.77. The molecule has 1 aromatic carbocycles. The van der Waals surface area contributed by atoms with Crippen molar-refractivity contribution >= 4 is 5.82 Å². The fraction of sp³-hybridized carbons (Fsp3) is 0.214. The van der Waals surface area contributed by atoms with Gasteiger partial charge in [-0.1, -0.05) is 0 Å². The molecule has 1 N–H and O–H groups in total. The summed E-state index contributed by atoms with van der Waals surface area (Å²) in [5.41, 5.74) is 1.30. The highest BCUT2D eigenvalue weighted by atomic mass is 16.5. The molecular weight excluding hydrogens is 256 g/mol. The van der Waals surface area contributed by atoms with Crippen LogP contribution < -0.4 is 14.8 Å². The zero-order valence-corrected chi connectivity index (χ0v) is 11.5. The van der Waals surface area contributed by atoms with E-state index in [2.05, 4.69) is 21.4 Å². The number of aromatic nitrogens is 2. The lowest BCUT2D eigenvalue weighted by Gasteiger charge is -2.12. The van der Waals surface area contributed by atoms with Crippen molar-refractivity contribution in [3.05, 3.63) is 35.7 Å². The van der Waals surface area contributed by atoms with Crippen LogP contribution in [0.3, 0.4) is 0 Å². The second-order valence-corrected chi connectivity index (χ2v) is 3.98. The number of rotatable bonds is 4. The molecule has 0 amide bonds. The van der Waals surface area contributed by atoms with Gasteiger partial charge in [0.05, 0.1) is 24.3 Å². The molecule has 0 unspecified atom stereocenters. The molecule has 0 radical (unpaired) electrons. The van der Waals surface area contributed by atoms with Crippen molar-refractivity contribution in [2.45, 2.75) is 6.92 Å². The number of anilines is 1. The molecule has 0 bridgehead atoms. The molecule has 2 aromatic rings. The Hall–Kier alpha value is -2.81. The van der Waals surface area contributed by atoms with Crippen molar-refractivity contribution in [3.8, 4) is 23.4 Å². The first-order valence-corrected chi connectivity index (χ1v) is 5.95. The van der Waals surface area contributed by atoms with Crippen molar-refractivity contribution in [1.82, 2.24) is 9.97 Å². The number of nitrogens with zero attached hydrogens (tertiary/aromatic N) is 3. The van der Waals surface area contributed by atoms with Gasteiger partial charge in [-0.2, -0.15) is 5.26 Å². The fourth-order valence-corrected chi connectivity index (χ4v) is 1.71. The topological polar surface area (TPSA) is 80.1 Å². The zero-order valence-electron chi connectivity index (χ0n) is 11.5. The highest BCUT2D eigenvalue weighted by molar-refractivity contribution is 5.51. The van der Waals surface area contributed by atoms with Gasteiger partial charge in [-0.3, -0.25) is 0 Å². The van der Waals surface area contributed by atoms with E-state index in [1.165, 1.54) is 13.4 Å². The number of nitriles is 1. The van der Waals surface area contributed by atoms with Crippen LogP contribution in [0.15, 0.2) is 24.5 Å². The highest BCUT2D eigenvalue weighted by Crippen LogP contribution is 2.33. The Labute approximate surface area is 117 Å². The van der Waals surface area contributed by atoms with Crippen LogP contribution >= 0.6 is 0 Å². The molecule has 0 spiro atoms. The van der Waals surface area contributed by atoms with E-state index in [1.54, 1.807) is 25.2 Å². The van der Waals surface area contributed by atoms with Gasteiger partial charge in [0.1, 0.15) is 12.1 Å². The summed E-state index contributed by atoms with van der Waals surface area (Å²) >= 11 is 0. The fourth-order valence-electron chi connectivity index (χ4n) is 1.71. The number of nitrogens with one attached hydrogen (secondary N) is 1. The van der Waals surface area contributed by atoms with Crippen molar-refractivity contribution < 1.29 is 9.47 Å². The summed E-state index contributed by atoms with van der Waals surface area (Å²) in [5, 5.41) is 11.8. The van der Waals surface area contributed by atoms with Gasteiger partial charge in [-0.15, -0.1) is 0 Å². The van der Waals surface area contributed by atoms with E-state index < -0.39 is 0 Å². The summed E-state index contributed by atoms with van der Waals surface area (Å²) in [6.45, 7) is 1.86. The van der Waals surface area contributed by atoms with Crippen LogP contribution in [-0.2, 0) is 0 Å². The molecule has 1 aromatic heterocycles. The minimum atomic E-state index is 0.437. The van der Waals surface area contributed by atoms with E-state index in [-0.39, 0.29) is 0 Å². The quantitative estimate of drug-likeness (QED) is 0.919. The molecule has 20 heavy (non-hydrogen) atoms. The highest BCUT2D eigenvalue weighted by Gasteiger charge is 2.12. The van der Waals surface area contributed by atoms with Crippen LogP contribution in [0.25, 0.3) is 0 Å². The van der Waals surface area contributed by atoms with E-state index in [4.69, 9.17) is 14.7 Å². The number of benzene rings is 1. The first-order valence-electron chi connectivity index (χ1n) is 5.95. The normalized spacial score (nSPS) is 9.70. The first-order chi connectivity index (χ1) is 9.69. The smallest absolute Gasteiger partial charge is 0.227 e. The first kappa shape index (κ1) is 13.6. The Morgan fingerprint density at radius 2 is 2.05 bits per heavy atom. The van der Waals surface area contributed by atoms with E-state index in [9.17, 15) is 0 Å². The summed E-state index contributed by atoms with van der Waals surface area (Å²) in [6, 6.07) is 7.01. The van der Waals surface area contributed by atoms with E-state index in [0.717, 1.165) is 5.56 Å². The van der Waals surface area contributed by atoms with Crippen molar-refractivity contribution in [2.24, 2.45) is 0 Å². The Morgan fingerprint density at radius 1 is 1.25 bits per heavy atom. The Balaban J connectivity index is 2.38. The molecule has 6 nitrogen and oxygen atoms in total. The molecule has 0 aliphatic heterocycles. The Kier molecular flexibility index (Phi) is 4.01. The van der Waals surface area contributed by atoms with Crippen LogP contribution in [-0.4, -0.2) is 24.1 Å². The van der Waals surface area contributed by atoms with E-state index in [0.29, 0.717) is 28.8 Å². The monoisotopic (exact) mass is 270 g/mol. The summed E-state index contributed by atoms with van der Waals surface area (Å²) in [6.07, 6.45) is 1.42. The third-order valence-electron chi connectivity index (χ3n) is 2.77. The van der Waals surface area contributed by atoms with Gasteiger partial charge in [0.2, 0.25) is 5.88 Å². The summed E-state index contributed by atoms with van der Waals surface area (Å²) in [5.74, 6) is 2.11. The zero-order chi connectivity index (χ0) is 14.5. The van der Waals surface area contributed by atoms with Crippen LogP contribution in [0.1, 0.15) is 11.1 Å². The van der Waals surface area contributed by atoms with Gasteiger partial charge >= 0.3 is 0 Å². The van der Waals surface area contributed by atoms with Gasteiger partial charge in [-0.05, 0) is 19.1 Å². The number of ether oxygens (including phenoxy) is 2. The molecule has 2 rings (SSSR count). The lowest BCUT2D eigenvalue weighted by Crippen LogP contribution is -2.00. The maximum absolute atomic E-state index is 8.88. The van der Waals surface area contributed by atoms with Gasteiger partial charge in [0.25, 0.3) is 0 Å². The van der Waals surface area contributed by atoms with Crippen LogP contribution in [0.2, 0.25) is 0 Å². The average Bonchev–Trinajstić information content (AvgIpc) is 2.49. The molecule has 6 heteroatoms. The third kappa shape index (κ3) is 2.62. The lowest BCUT2D eigenvalue weighted by atomic mass is 10.2. The lowest BCUT2D eigenvalue weighted by molar-refractivity contribution is 0.373. The summed E-state index contributed by atoms with van der Waals surface area (Å²) in [4.78, 5) is 8.20. The van der Waals surface area contributed by atoms with E-state index >= 15 is 0 Å².